The number of hydrogen-bond donors (Lipinski definition) is 15. The van der Waals surface area contributed by atoms with Crippen molar-refractivity contribution in [2.24, 2.45) is 0 Å². The summed E-state index contributed by atoms with van der Waals surface area (Å²) in [6.07, 6.45) is -34.0. The van der Waals surface area contributed by atoms with E-state index in [2.05, 4.69) is 0 Å². The first-order chi connectivity index (χ1) is 41.0. The second kappa shape index (κ2) is 27.1. The van der Waals surface area contributed by atoms with Gasteiger partial charge in [-0.2, -0.15) is 0 Å². The van der Waals surface area contributed by atoms with Crippen LogP contribution in [-0.4, -0.2) is 231 Å². The number of hydrogen-bond acceptors (Lipinski definition) is 29. The van der Waals surface area contributed by atoms with Crippen molar-refractivity contribution >= 4 is 35.1 Å². The van der Waals surface area contributed by atoms with Crippen LogP contribution in [0.5, 0.6) is 34.5 Å². The van der Waals surface area contributed by atoms with Crippen LogP contribution in [-0.2, 0) is 47.5 Å². The summed E-state index contributed by atoms with van der Waals surface area (Å²) < 4.78 is 64.6. The highest BCUT2D eigenvalue weighted by Gasteiger charge is 2.55. The Hall–Kier alpha value is -7.37. The molecule has 5 aromatic rings. The third-order valence-corrected chi connectivity index (χ3v) is 14.4. The van der Waals surface area contributed by atoms with Gasteiger partial charge >= 0.3 is 11.9 Å². The number of rotatable bonds is 18. The molecule has 5 heterocycles. The fourth-order valence-corrected chi connectivity index (χ4v) is 9.60. The van der Waals surface area contributed by atoms with Crippen molar-refractivity contribution in [3.05, 3.63) is 118 Å². The second-order valence-corrected chi connectivity index (χ2v) is 20.4. The Bertz CT molecular complexity index is 3240. The van der Waals surface area contributed by atoms with Crippen LogP contribution in [0.1, 0.15) is 18.1 Å². The summed E-state index contributed by atoms with van der Waals surface area (Å²) in [6.45, 7) is -1.13. The summed E-state index contributed by atoms with van der Waals surface area (Å²) in [5.74, 6) is -4.81. The molecular formula is C57H62O29. The third kappa shape index (κ3) is 14.0. The van der Waals surface area contributed by atoms with Crippen LogP contribution in [0.2, 0.25) is 0 Å². The summed E-state index contributed by atoms with van der Waals surface area (Å²) >= 11 is 0. The third-order valence-electron chi connectivity index (χ3n) is 14.4. The lowest BCUT2D eigenvalue weighted by molar-refractivity contribution is -0.382. The van der Waals surface area contributed by atoms with E-state index >= 15 is 0 Å². The van der Waals surface area contributed by atoms with E-state index in [0.717, 1.165) is 24.3 Å². The minimum absolute atomic E-state index is 0.0157. The summed E-state index contributed by atoms with van der Waals surface area (Å²) in [5, 5.41) is 161. The van der Waals surface area contributed by atoms with Gasteiger partial charge in [-0.1, -0.05) is 24.3 Å². The fourth-order valence-electron chi connectivity index (χ4n) is 9.60. The fraction of sp³-hybridized carbons (Fsp3) is 0.421. The van der Waals surface area contributed by atoms with Gasteiger partial charge < -0.3 is 128 Å². The zero-order chi connectivity index (χ0) is 61.8. The summed E-state index contributed by atoms with van der Waals surface area (Å²) in [5.41, 5.74) is -0.674. The molecule has 86 heavy (non-hydrogen) atoms. The molecule has 4 aromatic carbocycles. The molecule has 29 nitrogen and oxygen atoms in total. The zero-order valence-electron chi connectivity index (χ0n) is 45.0. The lowest BCUT2D eigenvalue weighted by Gasteiger charge is -2.48. The van der Waals surface area contributed by atoms with Crippen LogP contribution >= 0.6 is 0 Å². The number of esters is 2. The van der Waals surface area contributed by atoms with E-state index in [1.807, 2.05) is 0 Å². The summed E-state index contributed by atoms with van der Waals surface area (Å²) in [6, 6.07) is 18.3. The first-order valence-corrected chi connectivity index (χ1v) is 26.6. The lowest BCUT2D eigenvalue weighted by atomic mass is 9.96. The number of aliphatic hydroxyl groups is 11. The quantitative estimate of drug-likeness (QED) is 0.0328. The van der Waals surface area contributed by atoms with Crippen LogP contribution < -0.4 is 14.9 Å². The second-order valence-electron chi connectivity index (χ2n) is 20.4. The van der Waals surface area contributed by atoms with Gasteiger partial charge in [0.15, 0.2) is 24.4 Å². The Labute approximate surface area is 485 Å². The molecule has 20 atom stereocenters. The topological polar surface area (TPSA) is 460 Å². The normalized spacial score (nSPS) is 33.2. The van der Waals surface area contributed by atoms with Crippen molar-refractivity contribution in [2.45, 2.75) is 130 Å². The Balaban J connectivity index is 1.06. The molecule has 0 radical (unpaired) electrons. The van der Waals surface area contributed by atoms with E-state index in [0.29, 0.717) is 11.1 Å². The van der Waals surface area contributed by atoms with Crippen LogP contribution in [0.25, 0.3) is 34.4 Å². The minimum Gasteiger partial charge on any atom is -0.508 e. The van der Waals surface area contributed by atoms with Crippen LogP contribution in [0, 0.1) is 0 Å². The van der Waals surface area contributed by atoms with Crippen molar-refractivity contribution < 1.29 is 138 Å². The summed E-state index contributed by atoms with van der Waals surface area (Å²) in [4.78, 5) is 40.6. The Morgan fingerprint density at radius 2 is 0.965 bits per heavy atom. The number of carbonyl (C=O) groups excluding carboxylic acids is 2. The van der Waals surface area contributed by atoms with E-state index in [1.54, 1.807) is 0 Å². The highest BCUT2D eigenvalue weighted by Crippen LogP contribution is 2.41. The molecule has 0 amide bonds. The van der Waals surface area contributed by atoms with Gasteiger partial charge in [0.05, 0.1) is 12.7 Å². The highest BCUT2D eigenvalue weighted by molar-refractivity contribution is 5.89. The SMILES string of the molecule is CC1OC(Oc2c(-c3ccc(O)cc3)oc3cc(OC4OC(CO)C(O)C(O)C4O)cc(O)c3c2=O)C(OC2OC(COC(=O)C=Cc3ccc(O)cc3)C(O)C(O)C2O)C(OC2OC(COC(=O)C=Cc3ccc(O)cc3)C(O)C(O)C2O)C1O. The minimum atomic E-state index is -2.23. The standard InChI is InChI=1S/C57H62O29/c1-23-39(65)51(84-55-48(74)45(71)41(67)34(82-55)21-76-36(63)16-6-24-2-10-27(59)11-3-24)53(86-56-49(75)46(72)42(68)35(83-56)22-77-37(64)17-7-25-4-12-28(60)13-5-25)57(78-23)85-52-43(69)38-31(62)18-30(79-54-47(73)44(70)40(66)33(20-58)81-54)19-32(38)80-50(52)26-8-14-29(61)15-9-26/h2-19,23,33-35,39-42,44-49,51,53-62,65-68,70-75H,20-22H2,1H3. The van der Waals surface area contributed by atoms with E-state index in [4.69, 9.17) is 51.8 Å². The van der Waals surface area contributed by atoms with Crippen LogP contribution in [0.4, 0.5) is 0 Å². The molecular weight excluding hydrogens is 1150 g/mol. The largest absolute Gasteiger partial charge is 0.508 e. The average Bonchev–Trinajstić information content (AvgIpc) is 1.38. The number of fused-ring (bicyclic) bond motifs is 1. The molecule has 4 fully saturated rings. The van der Waals surface area contributed by atoms with Gasteiger partial charge in [-0.3, -0.25) is 4.79 Å². The van der Waals surface area contributed by atoms with Gasteiger partial charge in [0.2, 0.25) is 23.8 Å². The average molecular weight is 1210 g/mol. The Morgan fingerprint density at radius 3 is 1.47 bits per heavy atom. The van der Waals surface area contributed by atoms with Gasteiger partial charge in [-0.15, -0.1) is 0 Å². The predicted octanol–water partition coefficient (Wildman–Crippen LogP) is -2.16. The van der Waals surface area contributed by atoms with Gasteiger partial charge in [0.1, 0.15) is 138 Å². The van der Waals surface area contributed by atoms with Crippen molar-refractivity contribution in [3.8, 4) is 45.8 Å². The molecule has 4 aliphatic rings. The maximum atomic E-state index is 15.0. The number of phenols is 4. The Morgan fingerprint density at radius 1 is 0.512 bits per heavy atom. The van der Waals surface area contributed by atoms with E-state index in [-0.39, 0.29) is 28.6 Å². The number of benzene rings is 4. The molecule has 464 valence electrons. The van der Waals surface area contributed by atoms with Crippen LogP contribution in [0.15, 0.2) is 106 Å². The van der Waals surface area contributed by atoms with E-state index in [9.17, 15) is 91.0 Å². The summed E-state index contributed by atoms with van der Waals surface area (Å²) in [7, 11) is 0. The van der Waals surface area contributed by atoms with Crippen molar-refractivity contribution in [1.29, 1.82) is 0 Å². The first kappa shape index (κ1) is 63.1. The molecule has 29 heteroatoms. The lowest BCUT2D eigenvalue weighted by Crippen LogP contribution is -2.67. The predicted molar refractivity (Wildman–Crippen MR) is 286 cm³/mol. The van der Waals surface area contributed by atoms with Gasteiger partial charge in [-0.05, 0) is 78.7 Å². The maximum absolute atomic E-state index is 15.0. The van der Waals surface area contributed by atoms with Gasteiger partial charge in [0, 0.05) is 29.8 Å². The monoisotopic (exact) mass is 1210 g/mol. The number of ether oxygens (including phenoxy) is 10. The molecule has 0 aliphatic carbocycles. The number of phenolic OH excluding ortho intramolecular Hbond substituents is 4. The van der Waals surface area contributed by atoms with Crippen molar-refractivity contribution in [3.63, 3.8) is 0 Å². The molecule has 9 rings (SSSR count). The molecule has 4 aliphatic heterocycles. The van der Waals surface area contributed by atoms with Crippen LogP contribution in [0.3, 0.4) is 0 Å². The van der Waals surface area contributed by atoms with E-state index < -0.39 is 188 Å². The molecule has 4 saturated heterocycles. The highest BCUT2D eigenvalue weighted by atomic mass is 16.8. The van der Waals surface area contributed by atoms with Crippen molar-refractivity contribution in [2.75, 3.05) is 19.8 Å². The molecule has 20 unspecified atom stereocenters. The molecule has 15 N–H and O–H groups in total. The molecule has 1 aromatic heterocycles. The van der Waals surface area contributed by atoms with Crippen molar-refractivity contribution in [1.82, 2.24) is 0 Å². The number of aliphatic hydroxyl groups excluding tert-OH is 11. The van der Waals surface area contributed by atoms with Gasteiger partial charge in [-0.25, -0.2) is 9.59 Å². The smallest absolute Gasteiger partial charge is 0.330 e. The van der Waals surface area contributed by atoms with E-state index in [1.165, 1.54) is 91.9 Å². The number of carbonyl (C=O) groups is 2. The molecule has 0 bridgehead atoms. The maximum Gasteiger partial charge on any atom is 0.330 e. The first-order valence-electron chi connectivity index (χ1n) is 26.6. The number of aromatic hydroxyl groups is 4. The Kier molecular flexibility index (Phi) is 19.9. The zero-order valence-corrected chi connectivity index (χ0v) is 45.0. The van der Waals surface area contributed by atoms with Gasteiger partial charge in [0.25, 0.3) is 0 Å². The molecule has 0 saturated carbocycles. The molecule has 0 spiro atoms.